The minimum absolute atomic E-state index is 0.984. The highest BCUT2D eigenvalue weighted by Gasteiger charge is 2.00. The molecule has 0 aliphatic carbocycles. The van der Waals surface area contributed by atoms with Gasteiger partial charge in [-0.2, -0.15) is 0 Å². The summed E-state index contributed by atoms with van der Waals surface area (Å²) in [4.78, 5) is 7.65. The number of benzene rings is 1. The maximum Gasteiger partial charge on any atom is 0.104 e. The molecule has 2 N–H and O–H groups in total. The number of aromatic amines is 1. The summed E-state index contributed by atoms with van der Waals surface area (Å²) in [5.74, 6) is 0.984. The van der Waals surface area contributed by atoms with E-state index in [-0.39, 0.29) is 0 Å². The van der Waals surface area contributed by atoms with Gasteiger partial charge in [-0.3, -0.25) is 0 Å². The second-order valence-corrected chi connectivity index (χ2v) is 3.88. The molecule has 0 amide bonds. The summed E-state index contributed by atoms with van der Waals surface area (Å²) in [6.45, 7) is 3.06. The van der Waals surface area contributed by atoms with Crippen LogP contribution in [0.5, 0.6) is 0 Å². The van der Waals surface area contributed by atoms with Crippen LogP contribution in [0.25, 0.3) is 11.0 Å². The number of fused-ring (bicyclic) bond motifs is 1. The van der Waals surface area contributed by atoms with Gasteiger partial charge in [0.05, 0.1) is 11.0 Å². The Morgan fingerprint density at radius 1 is 1.40 bits per heavy atom. The van der Waals surface area contributed by atoms with E-state index in [1.54, 1.807) is 0 Å². The SMILES string of the molecule is CNCCCc1ccc2nc(C)[nH]c2c1. The monoisotopic (exact) mass is 203 g/mol. The molecule has 0 aliphatic heterocycles. The van der Waals surface area contributed by atoms with Crippen molar-refractivity contribution in [3.8, 4) is 0 Å². The second kappa shape index (κ2) is 4.45. The molecule has 80 valence electrons. The molecule has 0 unspecified atom stereocenters. The van der Waals surface area contributed by atoms with Crippen LogP contribution in [0.3, 0.4) is 0 Å². The van der Waals surface area contributed by atoms with Crippen molar-refractivity contribution in [2.75, 3.05) is 13.6 Å². The normalized spacial score (nSPS) is 11.1. The summed E-state index contributed by atoms with van der Waals surface area (Å²) in [5, 5.41) is 3.16. The Hall–Kier alpha value is -1.35. The maximum atomic E-state index is 4.38. The molecule has 0 saturated carbocycles. The predicted molar refractivity (Wildman–Crippen MR) is 63.1 cm³/mol. The average molecular weight is 203 g/mol. The van der Waals surface area contributed by atoms with Crippen molar-refractivity contribution in [1.29, 1.82) is 0 Å². The van der Waals surface area contributed by atoms with Crippen LogP contribution in [0.4, 0.5) is 0 Å². The van der Waals surface area contributed by atoms with Gasteiger partial charge in [0.25, 0.3) is 0 Å². The van der Waals surface area contributed by atoms with E-state index in [1.165, 1.54) is 12.0 Å². The number of nitrogens with one attached hydrogen (secondary N) is 2. The topological polar surface area (TPSA) is 40.7 Å². The van der Waals surface area contributed by atoms with Crippen LogP contribution in [-0.4, -0.2) is 23.6 Å². The van der Waals surface area contributed by atoms with Crippen molar-refractivity contribution in [2.45, 2.75) is 19.8 Å². The van der Waals surface area contributed by atoms with E-state index in [0.29, 0.717) is 0 Å². The van der Waals surface area contributed by atoms with Crippen molar-refractivity contribution in [3.63, 3.8) is 0 Å². The maximum absolute atomic E-state index is 4.38. The summed E-state index contributed by atoms with van der Waals surface area (Å²) in [7, 11) is 1.99. The number of H-pyrrole nitrogens is 1. The standard InChI is InChI=1S/C12H17N3/c1-9-14-11-6-5-10(4-3-7-13-2)8-12(11)15-9/h5-6,8,13H,3-4,7H2,1-2H3,(H,14,15). The van der Waals surface area contributed by atoms with Crippen LogP contribution in [0.2, 0.25) is 0 Å². The van der Waals surface area contributed by atoms with Crippen LogP contribution in [0.15, 0.2) is 18.2 Å². The number of aryl methyl sites for hydroxylation is 2. The lowest BCUT2D eigenvalue weighted by atomic mass is 10.1. The Kier molecular flexibility index (Phi) is 3.02. The first-order valence-electron chi connectivity index (χ1n) is 5.39. The average Bonchev–Trinajstić information content (AvgIpc) is 2.57. The summed E-state index contributed by atoms with van der Waals surface area (Å²) >= 11 is 0. The fourth-order valence-electron chi connectivity index (χ4n) is 1.81. The number of hydrogen-bond acceptors (Lipinski definition) is 2. The molecule has 3 nitrogen and oxygen atoms in total. The van der Waals surface area contributed by atoms with Gasteiger partial charge in [0, 0.05) is 0 Å². The molecule has 3 heteroatoms. The quantitative estimate of drug-likeness (QED) is 0.746. The third-order valence-corrected chi connectivity index (χ3v) is 2.56. The number of hydrogen-bond donors (Lipinski definition) is 2. The highest BCUT2D eigenvalue weighted by Crippen LogP contribution is 2.14. The van der Waals surface area contributed by atoms with Gasteiger partial charge in [0.1, 0.15) is 5.82 Å². The van der Waals surface area contributed by atoms with Crippen molar-refractivity contribution in [2.24, 2.45) is 0 Å². The Balaban J connectivity index is 2.15. The van der Waals surface area contributed by atoms with Gasteiger partial charge in [0.2, 0.25) is 0 Å². The van der Waals surface area contributed by atoms with Crippen LogP contribution in [0, 0.1) is 6.92 Å². The van der Waals surface area contributed by atoms with Gasteiger partial charge in [-0.25, -0.2) is 4.98 Å². The fraction of sp³-hybridized carbons (Fsp3) is 0.417. The lowest BCUT2D eigenvalue weighted by Crippen LogP contribution is -2.08. The van der Waals surface area contributed by atoms with Crippen molar-refractivity contribution in [3.05, 3.63) is 29.6 Å². The van der Waals surface area contributed by atoms with E-state index in [2.05, 4.69) is 33.5 Å². The molecule has 0 fully saturated rings. The Morgan fingerprint density at radius 3 is 3.07 bits per heavy atom. The van der Waals surface area contributed by atoms with Crippen molar-refractivity contribution < 1.29 is 0 Å². The van der Waals surface area contributed by atoms with Crippen molar-refractivity contribution >= 4 is 11.0 Å². The zero-order valence-corrected chi connectivity index (χ0v) is 9.30. The smallest absolute Gasteiger partial charge is 0.104 e. The van der Waals surface area contributed by atoms with E-state index in [9.17, 15) is 0 Å². The van der Waals surface area contributed by atoms with Crippen LogP contribution in [-0.2, 0) is 6.42 Å². The molecule has 2 aromatic rings. The molecule has 0 saturated heterocycles. The van der Waals surface area contributed by atoms with E-state index < -0.39 is 0 Å². The summed E-state index contributed by atoms with van der Waals surface area (Å²) < 4.78 is 0. The molecule has 15 heavy (non-hydrogen) atoms. The Bertz CT molecular complexity index is 445. The third kappa shape index (κ3) is 2.36. The molecule has 1 heterocycles. The molecule has 0 bridgehead atoms. The highest BCUT2D eigenvalue weighted by molar-refractivity contribution is 5.75. The number of imidazole rings is 1. The molecular weight excluding hydrogens is 186 g/mol. The van der Waals surface area contributed by atoms with E-state index in [1.807, 2.05) is 14.0 Å². The van der Waals surface area contributed by atoms with Gasteiger partial charge >= 0.3 is 0 Å². The summed E-state index contributed by atoms with van der Waals surface area (Å²) in [5.41, 5.74) is 3.58. The van der Waals surface area contributed by atoms with E-state index >= 15 is 0 Å². The highest BCUT2D eigenvalue weighted by atomic mass is 14.9. The van der Waals surface area contributed by atoms with E-state index in [4.69, 9.17) is 0 Å². The molecule has 1 aromatic carbocycles. The van der Waals surface area contributed by atoms with Gasteiger partial charge < -0.3 is 10.3 Å². The molecular formula is C12H17N3. The predicted octanol–water partition coefficient (Wildman–Crippen LogP) is 2.02. The first-order valence-corrected chi connectivity index (χ1v) is 5.39. The molecule has 0 spiro atoms. The molecule has 0 radical (unpaired) electrons. The van der Waals surface area contributed by atoms with Crippen molar-refractivity contribution in [1.82, 2.24) is 15.3 Å². The zero-order chi connectivity index (χ0) is 10.7. The first-order chi connectivity index (χ1) is 7.29. The fourth-order valence-corrected chi connectivity index (χ4v) is 1.81. The van der Waals surface area contributed by atoms with Gasteiger partial charge in [-0.05, 0) is 51.1 Å². The first kappa shape index (κ1) is 10.2. The van der Waals surface area contributed by atoms with Crippen LogP contribution >= 0.6 is 0 Å². The number of rotatable bonds is 4. The lowest BCUT2D eigenvalue weighted by Gasteiger charge is -2.00. The molecule has 0 aliphatic rings. The number of aromatic nitrogens is 2. The summed E-state index contributed by atoms with van der Waals surface area (Å²) in [6, 6.07) is 6.46. The molecule has 1 aromatic heterocycles. The zero-order valence-electron chi connectivity index (χ0n) is 9.30. The minimum atomic E-state index is 0.984. The molecule has 2 rings (SSSR count). The van der Waals surface area contributed by atoms with Gasteiger partial charge in [-0.1, -0.05) is 6.07 Å². The van der Waals surface area contributed by atoms with Gasteiger partial charge in [0.15, 0.2) is 0 Å². The summed E-state index contributed by atoms with van der Waals surface area (Å²) in [6.07, 6.45) is 2.30. The third-order valence-electron chi connectivity index (χ3n) is 2.56. The van der Waals surface area contributed by atoms with Gasteiger partial charge in [-0.15, -0.1) is 0 Å². The second-order valence-electron chi connectivity index (χ2n) is 3.88. The Labute approximate surface area is 89.9 Å². The largest absolute Gasteiger partial charge is 0.342 e. The minimum Gasteiger partial charge on any atom is -0.342 e. The Morgan fingerprint density at radius 2 is 2.27 bits per heavy atom. The lowest BCUT2D eigenvalue weighted by molar-refractivity contribution is 0.725. The van der Waals surface area contributed by atoms with Crippen LogP contribution in [0.1, 0.15) is 17.8 Å². The number of nitrogens with zero attached hydrogens (tertiary/aromatic N) is 1. The molecule has 0 atom stereocenters. The van der Waals surface area contributed by atoms with Crippen LogP contribution < -0.4 is 5.32 Å². The van der Waals surface area contributed by atoms with E-state index in [0.717, 1.165) is 29.8 Å².